The lowest BCUT2D eigenvalue weighted by Crippen LogP contribution is -2.40. The van der Waals surface area contributed by atoms with E-state index in [1.54, 1.807) is 0 Å². The number of hydrogen-bond donors (Lipinski definition) is 1. The van der Waals surface area contributed by atoms with Gasteiger partial charge in [-0.05, 0) is 26.4 Å². The first-order chi connectivity index (χ1) is 6.36. The highest BCUT2D eigenvalue weighted by Crippen LogP contribution is 2.20. The van der Waals surface area contributed by atoms with Gasteiger partial charge in [-0.3, -0.25) is 5.32 Å². The quantitative estimate of drug-likeness (QED) is 0.687. The summed E-state index contributed by atoms with van der Waals surface area (Å²) >= 11 is 0. The highest BCUT2D eigenvalue weighted by atomic mass is 16.5. The third-order valence-corrected chi connectivity index (χ3v) is 3.20. The maximum absolute atomic E-state index is 5.57. The van der Waals surface area contributed by atoms with Crippen molar-refractivity contribution in [2.75, 3.05) is 26.7 Å². The Bertz CT molecular complexity index is 157. The van der Waals surface area contributed by atoms with Crippen molar-refractivity contribution >= 4 is 0 Å². The second-order valence-electron chi connectivity index (χ2n) is 4.18. The van der Waals surface area contributed by atoms with Gasteiger partial charge in [-0.25, -0.2) is 0 Å². The zero-order valence-electron chi connectivity index (χ0n) is 8.46. The van der Waals surface area contributed by atoms with Crippen LogP contribution in [0.2, 0.25) is 0 Å². The molecular weight excluding hydrogens is 164 g/mol. The molecule has 2 aliphatic heterocycles. The van der Waals surface area contributed by atoms with Crippen LogP contribution in [0.5, 0.6) is 0 Å². The zero-order chi connectivity index (χ0) is 9.10. The van der Waals surface area contributed by atoms with Crippen molar-refractivity contribution in [1.29, 1.82) is 0 Å². The molecule has 0 aliphatic carbocycles. The van der Waals surface area contributed by atoms with Crippen LogP contribution < -0.4 is 5.32 Å². The van der Waals surface area contributed by atoms with Crippen LogP contribution in [0.3, 0.4) is 0 Å². The molecule has 2 rings (SSSR count). The van der Waals surface area contributed by atoms with Crippen LogP contribution in [0, 0.1) is 0 Å². The van der Waals surface area contributed by atoms with E-state index in [1.807, 2.05) is 0 Å². The Morgan fingerprint density at radius 2 is 2.38 bits per heavy atom. The van der Waals surface area contributed by atoms with E-state index in [0.717, 1.165) is 25.6 Å². The maximum atomic E-state index is 5.57. The largest absolute Gasteiger partial charge is 0.362 e. The second kappa shape index (κ2) is 4.40. The van der Waals surface area contributed by atoms with Gasteiger partial charge in [0, 0.05) is 19.0 Å². The van der Waals surface area contributed by atoms with Crippen LogP contribution in [-0.4, -0.2) is 43.9 Å². The molecule has 0 radical (unpaired) electrons. The summed E-state index contributed by atoms with van der Waals surface area (Å²) in [6, 6.07) is 0.740. The van der Waals surface area contributed by atoms with Crippen LogP contribution in [0.25, 0.3) is 0 Å². The third-order valence-electron chi connectivity index (χ3n) is 3.20. The van der Waals surface area contributed by atoms with E-state index < -0.39 is 0 Å². The Kier molecular flexibility index (Phi) is 3.19. The summed E-state index contributed by atoms with van der Waals surface area (Å²) in [5, 5.41) is 3.38. The summed E-state index contributed by atoms with van der Waals surface area (Å²) in [7, 11) is 2.23. The molecule has 0 saturated carbocycles. The van der Waals surface area contributed by atoms with Crippen LogP contribution >= 0.6 is 0 Å². The van der Waals surface area contributed by atoms with Gasteiger partial charge in [-0.1, -0.05) is 6.42 Å². The molecule has 0 aromatic rings. The predicted octanol–water partition coefficient (Wildman–Crippen LogP) is 0.807. The summed E-state index contributed by atoms with van der Waals surface area (Å²) in [5.41, 5.74) is 0. The van der Waals surface area contributed by atoms with Gasteiger partial charge in [0.15, 0.2) is 0 Å². The van der Waals surface area contributed by atoms with Gasteiger partial charge in [0.1, 0.15) is 6.23 Å². The van der Waals surface area contributed by atoms with Crippen molar-refractivity contribution in [3.63, 3.8) is 0 Å². The minimum Gasteiger partial charge on any atom is -0.362 e. The first-order valence-corrected chi connectivity index (χ1v) is 5.41. The molecule has 2 fully saturated rings. The number of likely N-dealkylation sites (tertiary alicyclic amines) is 1. The molecule has 0 spiro atoms. The molecule has 2 aliphatic rings. The minimum atomic E-state index is 0.325. The molecule has 0 aromatic carbocycles. The molecule has 2 atom stereocenters. The lowest BCUT2D eigenvalue weighted by molar-refractivity contribution is 0.0558. The highest BCUT2D eigenvalue weighted by molar-refractivity contribution is 4.78. The maximum Gasteiger partial charge on any atom is 0.109 e. The van der Waals surface area contributed by atoms with Crippen molar-refractivity contribution in [2.24, 2.45) is 0 Å². The molecule has 13 heavy (non-hydrogen) atoms. The van der Waals surface area contributed by atoms with Gasteiger partial charge >= 0.3 is 0 Å². The number of ether oxygens (including phenoxy) is 1. The number of nitrogens with zero attached hydrogens (tertiary/aromatic N) is 1. The van der Waals surface area contributed by atoms with Crippen molar-refractivity contribution in [2.45, 2.75) is 38.0 Å². The van der Waals surface area contributed by atoms with E-state index in [0.29, 0.717) is 6.23 Å². The van der Waals surface area contributed by atoms with Crippen molar-refractivity contribution in [1.82, 2.24) is 10.2 Å². The van der Waals surface area contributed by atoms with Crippen molar-refractivity contribution in [3.05, 3.63) is 0 Å². The topological polar surface area (TPSA) is 24.5 Å². The first kappa shape index (κ1) is 9.44. The SMILES string of the molecule is CN1CCCCC1CC1NCCO1. The van der Waals surface area contributed by atoms with E-state index in [9.17, 15) is 0 Å². The third kappa shape index (κ3) is 2.42. The second-order valence-corrected chi connectivity index (χ2v) is 4.18. The van der Waals surface area contributed by atoms with Gasteiger partial charge in [0.2, 0.25) is 0 Å². The van der Waals surface area contributed by atoms with E-state index >= 15 is 0 Å². The molecule has 76 valence electrons. The average molecular weight is 184 g/mol. The summed E-state index contributed by atoms with van der Waals surface area (Å²) in [4.78, 5) is 2.48. The Hall–Kier alpha value is -0.120. The Morgan fingerprint density at radius 1 is 1.46 bits per heavy atom. The van der Waals surface area contributed by atoms with Crippen LogP contribution in [0.1, 0.15) is 25.7 Å². The Morgan fingerprint density at radius 3 is 3.08 bits per heavy atom. The van der Waals surface area contributed by atoms with Gasteiger partial charge in [0.05, 0.1) is 6.61 Å². The van der Waals surface area contributed by atoms with Gasteiger partial charge in [-0.2, -0.15) is 0 Å². The summed E-state index contributed by atoms with van der Waals surface area (Å²) in [5.74, 6) is 0. The number of rotatable bonds is 2. The normalized spacial score (nSPS) is 36.7. The molecule has 1 N–H and O–H groups in total. The Balaban J connectivity index is 1.78. The molecule has 3 heteroatoms. The smallest absolute Gasteiger partial charge is 0.109 e. The van der Waals surface area contributed by atoms with E-state index in [1.165, 1.54) is 25.8 Å². The van der Waals surface area contributed by atoms with E-state index in [-0.39, 0.29) is 0 Å². The molecule has 3 nitrogen and oxygen atoms in total. The molecule has 0 aromatic heterocycles. The molecule has 0 bridgehead atoms. The van der Waals surface area contributed by atoms with Gasteiger partial charge < -0.3 is 9.64 Å². The number of piperidine rings is 1. The summed E-state index contributed by atoms with van der Waals surface area (Å²) < 4.78 is 5.57. The van der Waals surface area contributed by atoms with Crippen LogP contribution in [0.4, 0.5) is 0 Å². The highest BCUT2D eigenvalue weighted by Gasteiger charge is 2.24. The monoisotopic (exact) mass is 184 g/mol. The fourth-order valence-electron chi connectivity index (χ4n) is 2.32. The standard InChI is InChI=1S/C10H20N2O/c1-12-6-3-2-4-9(12)8-10-11-5-7-13-10/h9-11H,2-8H2,1H3. The fourth-order valence-corrected chi connectivity index (χ4v) is 2.32. The van der Waals surface area contributed by atoms with Crippen LogP contribution in [-0.2, 0) is 4.74 Å². The lowest BCUT2D eigenvalue weighted by Gasteiger charge is -2.33. The molecule has 0 amide bonds. The van der Waals surface area contributed by atoms with E-state index in [4.69, 9.17) is 4.74 Å². The predicted molar refractivity (Wildman–Crippen MR) is 52.6 cm³/mol. The zero-order valence-corrected chi connectivity index (χ0v) is 8.46. The number of hydrogen-bond acceptors (Lipinski definition) is 3. The molecular formula is C10H20N2O. The lowest BCUT2D eigenvalue weighted by atomic mass is 9.99. The van der Waals surface area contributed by atoms with Gasteiger partial charge in [0.25, 0.3) is 0 Å². The first-order valence-electron chi connectivity index (χ1n) is 5.41. The Labute approximate surface area is 80.4 Å². The van der Waals surface area contributed by atoms with E-state index in [2.05, 4.69) is 17.3 Å². The minimum absolute atomic E-state index is 0.325. The fraction of sp³-hybridized carbons (Fsp3) is 1.00. The molecule has 2 heterocycles. The van der Waals surface area contributed by atoms with Crippen LogP contribution in [0.15, 0.2) is 0 Å². The van der Waals surface area contributed by atoms with Gasteiger partial charge in [-0.15, -0.1) is 0 Å². The summed E-state index contributed by atoms with van der Waals surface area (Å²) in [6.07, 6.45) is 5.59. The summed E-state index contributed by atoms with van der Waals surface area (Å²) in [6.45, 7) is 3.18. The van der Waals surface area contributed by atoms with Crippen molar-refractivity contribution < 1.29 is 4.74 Å². The average Bonchev–Trinajstić information content (AvgIpc) is 2.61. The number of nitrogens with one attached hydrogen (secondary N) is 1. The molecule has 2 unspecified atom stereocenters. The van der Waals surface area contributed by atoms with Crippen molar-refractivity contribution in [3.8, 4) is 0 Å². The molecule has 2 saturated heterocycles.